The van der Waals surface area contributed by atoms with Crippen LogP contribution in [0.1, 0.15) is 34.6 Å². The normalized spacial score (nSPS) is 10.4. The van der Waals surface area contributed by atoms with E-state index in [9.17, 15) is 49.6 Å². The Morgan fingerprint density at radius 1 is 0.680 bits per heavy atom. The van der Waals surface area contributed by atoms with Crippen molar-refractivity contribution in [2.24, 2.45) is 0 Å². The molecule has 0 aliphatic carbocycles. The number of carbonyl (C=O) groups is 4. The molecule has 4 N–H and O–H groups in total. The summed E-state index contributed by atoms with van der Waals surface area (Å²) in [5.41, 5.74) is -2.52. The first kappa shape index (κ1) is 35.6. The van der Waals surface area contributed by atoms with Gasteiger partial charge < -0.3 is 30.3 Å². The largest absolute Gasteiger partial charge is 0.505 e. The molecule has 4 aromatic rings. The van der Waals surface area contributed by atoms with Gasteiger partial charge in [-0.3, -0.25) is 20.2 Å². The van der Waals surface area contributed by atoms with Crippen LogP contribution in [0.15, 0.2) is 84.9 Å². The highest BCUT2D eigenvalue weighted by Crippen LogP contribution is 2.38. The van der Waals surface area contributed by atoms with Crippen molar-refractivity contribution in [3.63, 3.8) is 0 Å². The first-order valence-corrected chi connectivity index (χ1v) is 14.6. The second-order valence-corrected chi connectivity index (χ2v) is 9.91. The molecule has 50 heavy (non-hydrogen) atoms. The zero-order chi connectivity index (χ0) is 36.5. The minimum atomic E-state index is -1.28. The summed E-state index contributed by atoms with van der Waals surface area (Å²) in [5, 5.41) is 50.7. The zero-order valence-electron chi connectivity index (χ0n) is 26.3. The standard InChI is InChI=1S/C32H28N6O12/c1-3-49-29(41)19-8-7-9-20(16-19)33-31(43)35(25-14-12-21(37(45)46)17-27(25)39)36(26-15-13-22(38(47)48)18-28(26)40)32(44)34-24-11-6-5-10-23(24)30(42)50-4-2/h5-18,39-40H,3-4H2,1-2H3,(H,33,43)(H,34,44). The van der Waals surface area contributed by atoms with Crippen LogP contribution in [-0.4, -0.2) is 57.3 Å². The van der Waals surface area contributed by atoms with Crippen LogP contribution in [0.3, 0.4) is 0 Å². The number of nitro groups is 2. The molecule has 18 nitrogen and oxygen atoms in total. The molecule has 0 radical (unpaired) electrons. The third-order valence-electron chi connectivity index (χ3n) is 6.67. The molecule has 0 aliphatic heterocycles. The number of phenolic OH excluding ortho intramolecular Hbond substituents is 2. The van der Waals surface area contributed by atoms with E-state index in [1.54, 1.807) is 13.8 Å². The number of nitro benzene ring substituents is 2. The molecule has 0 spiro atoms. The second kappa shape index (κ2) is 15.6. The maximum Gasteiger partial charge on any atom is 0.346 e. The number of ether oxygens (including phenoxy) is 2. The molecule has 0 bridgehead atoms. The number of benzene rings is 4. The van der Waals surface area contributed by atoms with E-state index in [0.29, 0.717) is 22.2 Å². The summed E-state index contributed by atoms with van der Waals surface area (Å²) in [6.07, 6.45) is 0. The minimum Gasteiger partial charge on any atom is -0.505 e. The van der Waals surface area contributed by atoms with Gasteiger partial charge in [0.2, 0.25) is 0 Å². The topological polar surface area (TPSA) is 244 Å². The molecule has 0 aliphatic rings. The molecule has 18 heteroatoms. The Morgan fingerprint density at radius 3 is 1.72 bits per heavy atom. The first-order valence-electron chi connectivity index (χ1n) is 14.6. The van der Waals surface area contributed by atoms with Gasteiger partial charge in [0.15, 0.2) is 0 Å². The van der Waals surface area contributed by atoms with Crippen molar-refractivity contribution in [2.45, 2.75) is 13.8 Å². The smallest absolute Gasteiger partial charge is 0.346 e. The third-order valence-corrected chi connectivity index (χ3v) is 6.67. The monoisotopic (exact) mass is 688 g/mol. The number of hydrogen-bond acceptors (Lipinski definition) is 12. The molecule has 0 unspecified atom stereocenters. The number of nitrogens with zero attached hydrogens (tertiary/aromatic N) is 4. The summed E-state index contributed by atoms with van der Waals surface area (Å²) < 4.78 is 10.1. The highest BCUT2D eigenvalue weighted by atomic mass is 16.6. The molecule has 0 fully saturated rings. The number of non-ortho nitro benzene ring substituents is 2. The second-order valence-electron chi connectivity index (χ2n) is 9.91. The van der Waals surface area contributed by atoms with Gasteiger partial charge in [-0.15, -0.1) is 0 Å². The molecule has 4 rings (SSSR count). The zero-order valence-corrected chi connectivity index (χ0v) is 26.3. The number of hydrogen-bond donors (Lipinski definition) is 4. The maximum atomic E-state index is 14.2. The van der Waals surface area contributed by atoms with Crippen LogP contribution in [0.5, 0.6) is 11.5 Å². The van der Waals surface area contributed by atoms with Gasteiger partial charge in [0.05, 0.1) is 52.0 Å². The summed E-state index contributed by atoms with van der Waals surface area (Å²) in [4.78, 5) is 74.7. The minimum absolute atomic E-state index is 0.00531. The highest BCUT2D eigenvalue weighted by molar-refractivity contribution is 6.15. The number of rotatable bonds is 10. The third kappa shape index (κ3) is 8.00. The van der Waals surface area contributed by atoms with Crippen molar-refractivity contribution in [2.75, 3.05) is 33.9 Å². The fourth-order valence-electron chi connectivity index (χ4n) is 4.49. The summed E-state index contributed by atoms with van der Waals surface area (Å²) in [6, 6.07) is 13.6. The van der Waals surface area contributed by atoms with Crippen molar-refractivity contribution in [3.8, 4) is 11.5 Å². The molecule has 258 valence electrons. The van der Waals surface area contributed by atoms with E-state index in [4.69, 9.17) is 9.47 Å². The Balaban J connectivity index is 1.92. The van der Waals surface area contributed by atoms with Crippen LogP contribution in [0.25, 0.3) is 0 Å². The number of anilines is 4. The Hall–Kier alpha value is -7.24. The van der Waals surface area contributed by atoms with Gasteiger partial charge in [-0.25, -0.2) is 19.2 Å². The summed E-state index contributed by atoms with van der Waals surface area (Å²) in [7, 11) is 0. The molecular weight excluding hydrogens is 660 g/mol. The van der Waals surface area contributed by atoms with Crippen LogP contribution in [0, 0.1) is 20.2 Å². The highest BCUT2D eigenvalue weighted by Gasteiger charge is 2.35. The number of hydrazine groups is 1. The molecule has 4 aromatic carbocycles. The van der Waals surface area contributed by atoms with Crippen molar-refractivity contribution in [1.29, 1.82) is 0 Å². The fraction of sp³-hybridized carbons (Fsp3) is 0.125. The number of urea groups is 2. The molecular formula is C32H28N6O12. The molecule has 0 saturated heterocycles. The van der Waals surface area contributed by atoms with Crippen molar-refractivity contribution in [1.82, 2.24) is 0 Å². The van der Waals surface area contributed by atoms with Gasteiger partial charge in [-0.05, 0) is 56.3 Å². The number of phenols is 2. The molecule has 0 saturated carbocycles. The molecule has 0 atom stereocenters. The van der Waals surface area contributed by atoms with Crippen molar-refractivity contribution in [3.05, 3.63) is 116 Å². The summed E-state index contributed by atoms with van der Waals surface area (Å²) in [5.74, 6) is -3.32. The number of aromatic hydroxyl groups is 2. The van der Waals surface area contributed by atoms with E-state index in [0.717, 1.165) is 24.3 Å². The van der Waals surface area contributed by atoms with Crippen LogP contribution < -0.4 is 20.7 Å². The summed E-state index contributed by atoms with van der Waals surface area (Å²) in [6.45, 7) is 3.21. The lowest BCUT2D eigenvalue weighted by Gasteiger charge is -2.35. The van der Waals surface area contributed by atoms with E-state index >= 15 is 0 Å². The number of esters is 2. The van der Waals surface area contributed by atoms with Crippen LogP contribution in [0.4, 0.5) is 43.7 Å². The molecule has 4 amide bonds. The lowest BCUT2D eigenvalue weighted by Crippen LogP contribution is -2.54. The van der Waals surface area contributed by atoms with E-state index in [2.05, 4.69) is 10.6 Å². The lowest BCUT2D eigenvalue weighted by molar-refractivity contribution is -0.385. The Labute approximate surface area is 282 Å². The van der Waals surface area contributed by atoms with Crippen LogP contribution in [-0.2, 0) is 9.47 Å². The lowest BCUT2D eigenvalue weighted by atomic mass is 10.2. The Bertz CT molecular complexity index is 1990. The van der Waals surface area contributed by atoms with Gasteiger partial charge in [0, 0.05) is 17.8 Å². The van der Waals surface area contributed by atoms with Gasteiger partial charge in [-0.2, -0.15) is 10.0 Å². The SMILES string of the molecule is CCOC(=O)c1cccc(NC(=O)N(c2ccc([N+](=O)[O-])cc2O)N(C(=O)Nc2ccccc2C(=O)OCC)c2ccc([N+](=O)[O-])cc2O)c1. The number of para-hydroxylation sites is 1. The predicted molar refractivity (Wildman–Crippen MR) is 177 cm³/mol. The molecule has 0 heterocycles. The van der Waals surface area contributed by atoms with E-state index < -0.39 is 68.1 Å². The van der Waals surface area contributed by atoms with Gasteiger partial charge in [0.25, 0.3) is 11.4 Å². The number of amides is 4. The quantitative estimate of drug-likeness (QED) is 0.0856. The average Bonchev–Trinajstić information content (AvgIpc) is 3.08. The Kier molecular flexibility index (Phi) is 11.1. The van der Waals surface area contributed by atoms with E-state index in [1.807, 2.05) is 0 Å². The molecule has 0 aromatic heterocycles. The first-order chi connectivity index (χ1) is 23.9. The Morgan fingerprint density at radius 2 is 1.20 bits per heavy atom. The maximum absolute atomic E-state index is 14.2. The number of nitrogens with one attached hydrogen (secondary N) is 2. The average molecular weight is 689 g/mol. The van der Waals surface area contributed by atoms with Crippen molar-refractivity contribution < 1.29 is 48.7 Å². The van der Waals surface area contributed by atoms with Crippen molar-refractivity contribution >= 4 is 58.1 Å². The predicted octanol–water partition coefficient (Wildman–Crippen LogP) is 5.96. The van der Waals surface area contributed by atoms with Gasteiger partial charge in [0.1, 0.15) is 22.9 Å². The van der Waals surface area contributed by atoms with E-state index in [1.165, 1.54) is 48.5 Å². The summed E-state index contributed by atoms with van der Waals surface area (Å²) >= 11 is 0. The number of carbonyl (C=O) groups excluding carboxylic acids is 4. The van der Waals surface area contributed by atoms with Gasteiger partial charge in [-0.1, -0.05) is 18.2 Å². The van der Waals surface area contributed by atoms with Crippen LogP contribution >= 0.6 is 0 Å². The van der Waals surface area contributed by atoms with Crippen LogP contribution in [0.2, 0.25) is 0 Å². The van der Waals surface area contributed by atoms with Gasteiger partial charge >= 0.3 is 24.0 Å². The fourth-order valence-corrected chi connectivity index (χ4v) is 4.49. The van der Waals surface area contributed by atoms with E-state index in [-0.39, 0.29) is 35.7 Å².